The summed E-state index contributed by atoms with van der Waals surface area (Å²) in [5, 5.41) is 0. The Morgan fingerprint density at radius 1 is 1.46 bits per heavy atom. The smallest absolute Gasteiger partial charge is 0.333 e. The Hall–Kier alpha value is -0.360. The first-order valence-corrected chi connectivity index (χ1v) is 6.13. The Kier molecular flexibility index (Phi) is 8.02. The van der Waals surface area contributed by atoms with Gasteiger partial charge in [-0.1, -0.05) is 19.9 Å². The molecule has 1 atom stereocenters. The lowest BCUT2D eigenvalue weighted by Gasteiger charge is -2.03. The molecule has 76 valence electrons. The molecule has 0 aromatic rings. The number of ether oxygens (including phenoxy) is 1. The summed E-state index contributed by atoms with van der Waals surface area (Å²) in [6.45, 7) is 7.92. The van der Waals surface area contributed by atoms with Gasteiger partial charge in [0.15, 0.2) is 0 Å². The van der Waals surface area contributed by atoms with Crippen molar-refractivity contribution in [2.75, 3.05) is 18.9 Å². The minimum Gasteiger partial charge on any atom is -0.462 e. The molecule has 0 heterocycles. The highest BCUT2D eigenvalue weighted by Crippen LogP contribution is 2.11. The number of rotatable bonds is 7. The van der Waals surface area contributed by atoms with Gasteiger partial charge in [0.2, 0.25) is 0 Å². The van der Waals surface area contributed by atoms with Crippen LogP contribution in [0.1, 0.15) is 26.7 Å². The molecule has 13 heavy (non-hydrogen) atoms. The van der Waals surface area contributed by atoms with Crippen LogP contribution in [-0.4, -0.2) is 24.9 Å². The summed E-state index contributed by atoms with van der Waals surface area (Å²) in [6, 6.07) is 0. The van der Waals surface area contributed by atoms with Gasteiger partial charge in [0.25, 0.3) is 0 Å². The van der Waals surface area contributed by atoms with Crippen molar-refractivity contribution < 1.29 is 9.53 Å². The highest BCUT2D eigenvalue weighted by molar-refractivity contribution is 7.37. The van der Waals surface area contributed by atoms with Crippen molar-refractivity contribution in [1.82, 2.24) is 0 Å². The minimum atomic E-state index is -0.264. The summed E-state index contributed by atoms with van der Waals surface area (Å²) in [6.07, 6.45) is 4.80. The Labute approximate surface area is 82.5 Å². The Balaban J connectivity index is 3.16. The Bertz CT molecular complexity index is 166. The average molecular weight is 202 g/mol. The van der Waals surface area contributed by atoms with Crippen LogP contribution in [0.5, 0.6) is 0 Å². The molecule has 0 radical (unpaired) electrons. The summed E-state index contributed by atoms with van der Waals surface area (Å²) in [7, 11) is 0.925. The lowest BCUT2D eigenvalue weighted by Crippen LogP contribution is -2.07. The van der Waals surface area contributed by atoms with Gasteiger partial charge in [-0.3, -0.25) is 0 Å². The molecule has 2 nitrogen and oxygen atoms in total. The van der Waals surface area contributed by atoms with Gasteiger partial charge in [-0.25, -0.2) is 4.79 Å². The van der Waals surface area contributed by atoms with Crippen molar-refractivity contribution in [2.24, 2.45) is 0 Å². The molecule has 0 aliphatic carbocycles. The summed E-state index contributed by atoms with van der Waals surface area (Å²) in [4.78, 5) is 10.9. The van der Waals surface area contributed by atoms with Crippen molar-refractivity contribution >= 4 is 14.6 Å². The van der Waals surface area contributed by atoms with Crippen LogP contribution >= 0.6 is 8.58 Å². The van der Waals surface area contributed by atoms with Gasteiger partial charge in [0.05, 0.1) is 6.61 Å². The van der Waals surface area contributed by atoms with E-state index in [4.69, 9.17) is 4.74 Å². The molecular formula is C10H19O2P. The van der Waals surface area contributed by atoms with Crippen molar-refractivity contribution in [3.05, 3.63) is 12.2 Å². The molecule has 0 saturated heterocycles. The van der Waals surface area contributed by atoms with E-state index in [-0.39, 0.29) is 5.97 Å². The largest absolute Gasteiger partial charge is 0.462 e. The third-order valence-corrected chi connectivity index (χ3v) is 2.83. The standard InChI is InChI=1S/C10H19O2P/c1-4-5-7-13-8-6-12-10(11)9(2)3/h13H,2,4-8H2,1,3H3. The van der Waals surface area contributed by atoms with Crippen LogP contribution in [0.2, 0.25) is 0 Å². The average Bonchev–Trinajstić information content (AvgIpc) is 2.10. The number of unbranched alkanes of at least 4 members (excludes halogenated alkanes) is 1. The molecule has 0 N–H and O–H groups in total. The van der Waals surface area contributed by atoms with E-state index in [1.807, 2.05) is 0 Å². The number of carbonyl (C=O) groups excluding carboxylic acids is 1. The highest BCUT2D eigenvalue weighted by atomic mass is 31.1. The van der Waals surface area contributed by atoms with Crippen molar-refractivity contribution in [3.63, 3.8) is 0 Å². The van der Waals surface area contributed by atoms with Crippen LogP contribution in [0, 0.1) is 0 Å². The summed E-state index contributed by atoms with van der Waals surface area (Å²) < 4.78 is 4.95. The maximum Gasteiger partial charge on any atom is 0.333 e. The van der Waals surface area contributed by atoms with E-state index in [0.717, 1.165) is 14.7 Å². The first-order chi connectivity index (χ1) is 6.18. The third-order valence-electron chi connectivity index (χ3n) is 1.57. The normalized spacial score (nSPS) is 10.6. The zero-order valence-corrected chi connectivity index (χ0v) is 9.56. The maximum absolute atomic E-state index is 10.9. The van der Waals surface area contributed by atoms with Crippen LogP contribution in [0.15, 0.2) is 12.2 Å². The number of hydrogen-bond donors (Lipinski definition) is 0. The predicted molar refractivity (Wildman–Crippen MR) is 58.7 cm³/mol. The molecule has 0 aliphatic rings. The molecule has 0 rings (SSSR count). The molecule has 0 amide bonds. The molecule has 0 aliphatic heterocycles. The van der Waals surface area contributed by atoms with E-state index in [2.05, 4.69) is 13.5 Å². The SMILES string of the molecule is C=C(C)C(=O)OCCPCCCC. The van der Waals surface area contributed by atoms with Crippen molar-refractivity contribution in [2.45, 2.75) is 26.7 Å². The van der Waals surface area contributed by atoms with Crippen LogP contribution < -0.4 is 0 Å². The summed E-state index contributed by atoms with van der Waals surface area (Å²) >= 11 is 0. The first-order valence-electron chi connectivity index (χ1n) is 4.71. The van der Waals surface area contributed by atoms with Crippen LogP contribution in [0.25, 0.3) is 0 Å². The second-order valence-corrected chi connectivity index (χ2v) is 4.52. The lowest BCUT2D eigenvalue weighted by molar-refractivity contribution is -0.138. The Morgan fingerprint density at radius 2 is 2.15 bits per heavy atom. The fourth-order valence-electron chi connectivity index (χ4n) is 0.766. The van der Waals surface area contributed by atoms with E-state index in [9.17, 15) is 4.79 Å². The fourth-order valence-corrected chi connectivity index (χ4v) is 1.87. The molecular weight excluding hydrogens is 183 g/mol. The number of carbonyl (C=O) groups is 1. The van der Waals surface area contributed by atoms with Gasteiger partial charge in [-0.05, 0) is 25.7 Å². The van der Waals surface area contributed by atoms with Gasteiger partial charge in [-0.15, -0.1) is 8.58 Å². The molecule has 0 fully saturated rings. The third kappa shape index (κ3) is 7.98. The molecule has 0 spiro atoms. The number of hydrogen-bond acceptors (Lipinski definition) is 2. The predicted octanol–water partition coefficient (Wildman–Crippen LogP) is 2.58. The molecule has 3 heteroatoms. The van der Waals surface area contributed by atoms with Gasteiger partial charge in [0, 0.05) is 5.57 Å². The maximum atomic E-state index is 10.9. The van der Waals surface area contributed by atoms with E-state index in [1.165, 1.54) is 19.0 Å². The van der Waals surface area contributed by atoms with Crippen LogP contribution in [0.4, 0.5) is 0 Å². The highest BCUT2D eigenvalue weighted by Gasteiger charge is 2.01. The Morgan fingerprint density at radius 3 is 2.69 bits per heavy atom. The van der Waals surface area contributed by atoms with Crippen LogP contribution in [-0.2, 0) is 9.53 Å². The van der Waals surface area contributed by atoms with Crippen LogP contribution in [0.3, 0.4) is 0 Å². The second kappa shape index (κ2) is 8.25. The monoisotopic (exact) mass is 202 g/mol. The topological polar surface area (TPSA) is 26.3 Å². The van der Waals surface area contributed by atoms with Gasteiger partial charge >= 0.3 is 5.97 Å². The molecule has 0 bridgehead atoms. The summed E-state index contributed by atoms with van der Waals surface area (Å²) in [5.41, 5.74) is 0.483. The zero-order chi connectivity index (χ0) is 10.1. The quantitative estimate of drug-likeness (QED) is 0.274. The van der Waals surface area contributed by atoms with Crippen molar-refractivity contribution in [3.8, 4) is 0 Å². The van der Waals surface area contributed by atoms with E-state index in [0.29, 0.717) is 12.2 Å². The van der Waals surface area contributed by atoms with E-state index < -0.39 is 0 Å². The molecule has 0 aromatic carbocycles. The van der Waals surface area contributed by atoms with Gasteiger partial charge in [0.1, 0.15) is 0 Å². The first kappa shape index (κ1) is 12.6. The molecule has 0 saturated carbocycles. The minimum absolute atomic E-state index is 0.264. The van der Waals surface area contributed by atoms with E-state index in [1.54, 1.807) is 6.92 Å². The second-order valence-electron chi connectivity index (χ2n) is 3.02. The fraction of sp³-hybridized carbons (Fsp3) is 0.700. The zero-order valence-electron chi connectivity index (χ0n) is 8.56. The lowest BCUT2D eigenvalue weighted by atomic mass is 10.4. The van der Waals surface area contributed by atoms with Gasteiger partial charge < -0.3 is 4.74 Å². The molecule has 1 unspecified atom stereocenters. The number of esters is 1. The van der Waals surface area contributed by atoms with Gasteiger partial charge in [-0.2, -0.15) is 0 Å². The molecule has 0 aromatic heterocycles. The van der Waals surface area contributed by atoms with Crippen molar-refractivity contribution in [1.29, 1.82) is 0 Å². The van der Waals surface area contributed by atoms with E-state index >= 15 is 0 Å². The summed E-state index contributed by atoms with van der Waals surface area (Å²) in [5.74, 6) is -0.264.